The molecule has 3 N–H and O–H groups in total. The van der Waals surface area contributed by atoms with Crippen molar-refractivity contribution in [2.75, 3.05) is 34.9 Å². The number of carbonyl (C=O) groups is 1. The molecular formula is C38H25Cl2F3I2N10O3. The van der Waals surface area contributed by atoms with Gasteiger partial charge < -0.3 is 30.3 Å². The minimum Gasteiger partial charge on any atom is -0.456 e. The number of ether oxygens (including phenoxy) is 2. The first kappa shape index (κ1) is 43.4. The molecule has 0 aliphatic carbocycles. The smallest absolute Gasteiger partial charge is 0.456 e. The number of carbonyl (C=O) groups excluding carboxylic acids is 1. The first-order valence-corrected chi connectivity index (χ1v) is 19.1. The summed E-state index contributed by atoms with van der Waals surface area (Å²) in [5, 5.41) is 27.7. The number of halogens is 7. The van der Waals surface area contributed by atoms with Crippen LogP contribution in [0.15, 0.2) is 97.6 Å². The molecule has 0 fully saturated rings. The molecule has 20 heteroatoms. The molecule has 0 atom stereocenters. The fourth-order valence-electron chi connectivity index (χ4n) is 4.83. The van der Waals surface area contributed by atoms with Gasteiger partial charge in [-0.1, -0.05) is 35.3 Å². The van der Waals surface area contributed by atoms with Gasteiger partial charge in [-0.05, 0) is 118 Å². The lowest BCUT2D eigenvalue weighted by atomic mass is 10.2. The highest BCUT2D eigenvalue weighted by molar-refractivity contribution is 14.1. The van der Waals surface area contributed by atoms with Crippen molar-refractivity contribution in [3.8, 4) is 35.1 Å². The van der Waals surface area contributed by atoms with Gasteiger partial charge in [0.05, 0.1) is 33.3 Å². The minimum atomic E-state index is -5.06. The monoisotopic (exact) mass is 1050 g/mol. The predicted octanol–water partition coefficient (Wildman–Crippen LogP) is 10.9. The van der Waals surface area contributed by atoms with E-state index in [0.29, 0.717) is 55.6 Å². The molecule has 0 saturated heterocycles. The molecule has 13 nitrogen and oxygen atoms in total. The van der Waals surface area contributed by atoms with Crippen LogP contribution in [-0.2, 0) is 4.79 Å². The second-order valence-corrected chi connectivity index (χ2v) is 14.2. The molecule has 0 aliphatic heterocycles. The van der Waals surface area contributed by atoms with Gasteiger partial charge in [0.25, 0.3) is 0 Å². The van der Waals surface area contributed by atoms with E-state index in [1.54, 1.807) is 95.4 Å². The summed E-state index contributed by atoms with van der Waals surface area (Å²) >= 11 is 16.5. The summed E-state index contributed by atoms with van der Waals surface area (Å²) in [6.07, 6.45) is -2.41. The molecule has 0 unspecified atom stereocenters. The SMILES string of the molecule is CN(C(=O)C(F)(F)F)c1c(I)ncnc1Nc1ccc(Oc2cccc(C#N)c2)c(Cl)c1.CNc1c(I)ncnc1Nc1ccc(Oc2cccc(C#N)c2)c(Cl)c1. The van der Waals surface area contributed by atoms with Crippen LogP contribution in [0.2, 0.25) is 10.0 Å². The number of amides is 1. The molecular weight excluding hydrogens is 1030 g/mol. The van der Waals surface area contributed by atoms with E-state index in [0.717, 1.165) is 28.5 Å². The Morgan fingerprint density at radius 3 is 1.69 bits per heavy atom. The zero-order chi connectivity index (χ0) is 42.0. The molecule has 2 heterocycles. The van der Waals surface area contributed by atoms with E-state index in [9.17, 15) is 18.0 Å². The summed E-state index contributed by atoms with van der Waals surface area (Å²) in [6.45, 7) is 0. The van der Waals surface area contributed by atoms with Gasteiger partial charge in [-0.2, -0.15) is 23.7 Å². The van der Waals surface area contributed by atoms with Crippen LogP contribution < -0.4 is 30.3 Å². The van der Waals surface area contributed by atoms with E-state index in [1.807, 2.05) is 19.2 Å². The van der Waals surface area contributed by atoms with Crippen LogP contribution in [0.4, 0.5) is 47.6 Å². The average molecular weight is 1050 g/mol. The minimum absolute atomic E-state index is 0.0176. The van der Waals surface area contributed by atoms with E-state index < -0.39 is 12.1 Å². The number of hydrogen-bond acceptors (Lipinski definition) is 12. The third-order valence-corrected chi connectivity index (χ3v) is 9.68. The van der Waals surface area contributed by atoms with E-state index in [4.69, 9.17) is 43.2 Å². The van der Waals surface area contributed by atoms with Crippen LogP contribution in [0.5, 0.6) is 23.0 Å². The molecule has 1 amide bonds. The number of nitrogens with one attached hydrogen (secondary N) is 3. The topological polar surface area (TPSA) is 174 Å². The molecule has 294 valence electrons. The van der Waals surface area contributed by atoms with Crippen LogP contribution in [0.1, 0.15) is 11.1 Å². The fraction of sp³-hybridized carbons (Fsp3) is 0.0789. The number of rotatable bonds is 10. The van der Waals surface area contributed by atoms with Crippen molar-refractivity contribution in [3.05, 3.63) is 126 Å². The van der Waals surface area contributed by atoms with Gasteiger partial charge in [0.1, 0.15) is 54.4 Å². The Labute approximate surface area is 366 Å². The molecule has 6 rings (SSSR count). The Balaban J connectivity index is 0.000000226. The van der Waals surface area contributed by atoms with E-state index >= 15 is 0 Å². The van der Waals surface area contributed by atoms with Crippen molar-refractivity contribution in [2.45, 2.75) is 6.18 Å². The largest absolute Gasteiger partial charge is 0.471 e. The molecule has 0 saturated carbocycles. The van der Waals surface area contributed by atoms with Crippen molar-refractivity contribution >= 4 is 109 Å². The lowest BCUT2D eigenvalue weighted by Crippen LogP contribution is -2.39. The molecule has 0 spiro atoms. The first-order valence-electron chi connectivity index (χ1n) is 16.2. The lowest BCUT2D eigenvalue weighted by molar-refractivity contribution is -0.170. The Kier molecular flexibility index (Phi) is 14.7. The molecule has 0 bridgehead atoms. The summed E-state index contributed by atoms with van der Waals surface area (Å²) in [4.78, 5) is 28.4. The highest BCUT2D eigenvalue weighted by atomic mass is 127. The molecule has 58 heavy (non-hydrogen) atoms. The summed E-state index contributed by atoms with van der Waals surface area (Å²) in [6, 6.07) is 27.4. The first-order chi connectivity index (χ1) is 27.7. The zero-order valence-electron chi connectivity index (χ0n) is 29.7. The normalized spacial score (nSPS) is 10.5. The van der Waals surface area contributed by atoms with Crippen molar-refractivity contribution in [3.63, 3.8) is 0 Å². The highest BCUT2D eigenvalue weighted by Gasteiger charge is 2.43. The van der Waals surface area contributed by atoms with Crippen molar-refractivity contribution in [1.29, 1.82) is 10.5 Å². The maximum atomic E-state index is 12.9. The van der Waals surface area contributed by atoms with E-state index in [-0.39, 0.29) is 20.2 Å². The fourth-order valence-corrected chi connectivity index (χ4v) is 6.66. The van der Waals surface area contributed by atoms with Crippen LogP contribution in [0.3, 0.4) is 0 Å². The molecule has 4 aromatic carbocycles. The maximum Gasteiger partial charge on any atom is 0.471 e. The maximum absolute atomic E-state index is 12.9. The molecule has 0 aliphatic rings. The average Bonchev–Trinajstić information content (AvgIpc) is 3.20. The molecule has 2 aromatic heterocycles. The van der Waals surface area contributed by atoms with Crippen molar-refractivity contribution in [2.24, 2.45) is 0 Å². The summed E-state index contributed by atoms with van der Waals surface area (Å²) in [5.74, 6) is 0.331. The number of nitriles is 2. The van der Waals surface area contributed by atoms with E-state index in [2.05, 4.69) is 64.5 Å². The van der Waals surface area contributed by atoms with Crippen LogP contribution in [0, 0.1) is 30.1 Å². The summed E-state index contributed by atoms with van der Waals surface area (Å²) in [5.41, 5.74) is 2.75. The lowest BCUT2D eigenvalue weighted by Gasteiger charge is -2.22. The van der Waals surface area contributed by atoms with Crippen LogP contribution in [-0.4, -0.2) is 46.1 Å². The number of hydrogen-bond donors (Lipinski definition) is 3. The zero-order valence-corrected chi connectivity index (χ0v) is 35.6. The van der Waals surface area contributed by atoms with Crippen molar-refractivity contribution in [1.82, 2.24) is 19.9 Å². The third kappa shape index (κ3) is 11.2. The number of benzene rings is 4. The number of nitrogens with zero attached hydrogens (tertiary/aromatic N) is 7. The van der Waals surface area contributed by atoms with Gasteiger partial charge in [-0.15, -0.1) is 0 Å². The highest BCUT2D eigenvalue weighted by Crippen LogP contribution is 2.37. The summed E-state index contributed by atoms with van der Waals surface area (Å²) in [7, 11) is 2.80. The van der Waals surface area contributed by atoms with E-state index in [1.165, 1.54) is 12.4 Å². The van der Waals surface area contributed by atoms with Crippen LogP contribution in [0.25, 0.3) is 0 Å². The second-order valence-electron chi connectivity index (χ2n) is 11.4. The number of alkyl halides is 3. The Morgan fingerprint density at radius 2 is 1.22 bits per heavy atom. The van der Waals surface area contributed by atoms with Gasteiger partial charge in [-0.3, -0.25) is 4.79 Å². The van der Waals surface area contributed by atoms with Gasteiger partial charge in [0.2, 0.25) is 0 Å². The predicted molar refractivity (Wildman–Crippen MR) is 230 cm³/mol. The van der Waals surface area contributed by atoms with Gasteiger partial charge in [-0.25, -0.2) is 19.9 Å². The third-order valence-electron chi connectivity index (χ3n) is 7.48. The second kappa shape index (κ2) is 19.7. The Bertz CT molecular complexity index is 2560. The van der Waals surface area contributed by atoms with Gasteiger partial charge in [0, 0.05) is 25.5 Å². The molecule has 6 aromatic rings. The Morgan fingerprint density at radius 1 is 0.741 bits per heavy atom. The number of anilines is 6. The van der Waals surface area contributed by atoms with Crippen LogP contribution >= 0.6 is 68.4 Å². The molecule has 0 radical (unpaired) electrons. The van der Waals surface area contributed by atoms with Gasteiger partial charge >= 0.3 is 12.1 Å². The summed E-state index contributed by atoms with van der Waals surface area (Å²) < 4.78 is 51.1. The standard InChI is InChI=1S/C20H12ClF3IN5O2.C18H13ClIN5O/c1-30(19(31)20(22,23)24)16-17(25)27-10-28-18(16)29-12-5-6-15(14(21)8-12)32-13-4-2-3-11(7-13)9-26;1-22-16-17(20)23-10-24-18(16)25-12-5-6-15(14(19)8-12)26-13-4-2-3-11(7-13)9-21/h2-8,10H,1H3,(H,27,28,29);2-8,10,22H,1H3,(H,23,24,25). The van der Waals surface area contributed by atoms with Crippen molar-refractivity contribution < 1.29 is 27.4 Å². The number of aromatic nitrogens is 4. The van der Waals surface area contributed by atoms with Gasteiger partial charge in [0.15, 0.2) is 11.6 Å². The quantitative estimate of drug-likeness (QED) is 0.0876. The Hall–Kier alpha value is -5.68.